The fourth-order valence-corrected chi connectivity index (χ4v) is 3.36. The largest absolute Gasteiger partial charge is 0.345 e. The molecule has 2 amide bonds. The van der Waals surface area contributed by atoms with E-state index in [1.165, 1.54) is 16.9 Å². The van der Waals surface area contributed by atoms with Crippen LogP contribution in [0.5, 0.6) is 0 Å². The van der Waals surface area contributed by atoms with Crippen molar-refractivity contribution in [2.75, 3.05) is 5.32 Å². The van der Waals surface area contributed by atoms with Crippen molar-refractivity contribution < 1.29 is 9.59 Å². The van der Waals surface area contributed by atoms with Crippen LogP contribution in [0.25, 0.3) is 0 Å². The molecule has 1 aliphatic carbocycles. The Morgan fingerprint density at radius 2 is 1.88 bits per heavy atom. The lowest BCUT2D eigenvalue weighted by atomic mass is 10.0. The van der Waals surface area contributed by atoms with Crippen LogP contribution in [-0.2, 0) is 4.79 Å². The number of carbonyl (C=O) groups excluding carboxylic acids is 2. The van der Waals surface area contributed by atoms with Gasteiger partial charge in [-0.2, -0.15) is 0 Å². The zero-order chi connectivity index (χ0) is 17.1. The minimum Gasteiger partial charge on any atom is -0.345 e. The summed E-state index contributed by atoms with van der Waals surface area (Å²) < 4.78 is 0. The highest BCUT2D eigenvalue weighted by atomic mass is 32.1. The van der Waals surface area contributed by atoms with Crippen LogP contribution in [0.1, 0.15) is 53.0 Å². The quantitative estimate of drug-likeness (QED) is 0.823. The second-order valence-corrected chi connectivity index (χ2v) is 7.36. The Kier molecular flexibility index (Phi) is 5.00. The van der Waals surface area contributed by atoms with Crippen LogP contribution >= 0.6 is 11.3 Å². The number of thiophene rings is 1. The molecule has 1 aromatic heterocycles. The van der Waals surface area contributed by atoms with E-state index in [-0.39, 0.29) is 23.8 Å². The summed E-state index contributed by atoms with van der Waals surface area (Å²) >= 11 is 1.32. The molecule has 1 atom stereocenters. The van der Waals surface area contributed by atoms with Gasteiger partial charge in [-0.3, -0.25) is 9.59 Å². The van der Waals surface area contributed by atoms with Crippen molar-refractivity contribution in [2.24, 2.45) is 5.92 Å². The van der Waals surface area contributed by atoms with E-state index in [9.17, 15) is 9.59 Å². The third-order valence-electron chi connectivity index (χ3n) is 4.22. The third-order valence-corrected chi connectivity index (χ3v) is 5.22. The van der Waals surface area contributed by atoms with Crippen molar-refractivity contribution in [3.8, 4) is 0 Å². The fraction of sp³-hybridized carbons (Fsp3) is 0.368. The number of carbonyl (C=O) groups is 2. The summed E-state index contributed by atoms with van der Waals surface area (Å²) in [6.45, 7) is 4.10. The number of amides is 2. The first-order chi connectivity index (χ1) is 11.6. The normalized spacial score (nSPS) is 14.9. The van der Waals surface area contributed by atoms with Gasteiger partial charge in [-0.15, -0.1) is 11.3 Å². The fourth-order valence-electron chi connectivity index (χ4n) is 2.55. The van der Waals surface area contributed by atoms with Crippen LogP contribution in [0.3, 0.4) is 0 Å². The summed E-state index contributed by atoms with van der Waals surface area (Å²) in [5.74, 6) is 0.129. The summed E-state index contributed by atoms with van der Waals surface area (Å²) in [5.41, 5.74) is 2.31. The van der Waals surface area contributed by atoms with Crippen LogP contribution < -0.4 is 10.6 Å². The minimum absolute atomic E-state index is 0.00953. The van der Waals surface area contributed by atoms with Crippen LogP contribution in [0.4, 0.5) is 5.00 Å². The summed E-state index contributed by atoms with van der Waals surface area (Å²) in [6, 6.07) is 11.8. The van der Waals surface area contributed by atoms with E-state index in [1.54, 1.807) is 12.1 Å². The van der Waals surface area contributed by atoms with Gasteiger partial charge < -0.3 is 10.6 Å². The summed E-state index contributed by atoms with van der Waals surface area (Å²) in [6.07, 6.45) is 2.77. The van der Waals surface area contributed by atoms with Gasteiger partial charge in [-0.25, -0.2) is 0 Å². The highest BCUT2D eigenvalue weighted by molar-refractivity contribution is 7.18. The maximum absolute atomic E-state index is 12.5. The smallest absolute Gasteiger partial charge is 0.261 e. The average Bonchev–Trinajstić information content (AvgIpc) is 3.33. The molecule has 2 aromatic rings. The minimum atomic E-state index is -0.0978. The van der Waals surface area contributed by atoms with Gasteiger partial charge in [0.05, 0.1) is 15.9 Å². The Hall–Kier alpha value is -2.14. The Morgan fingerprint density at radius 3 is 2.50 bits per heavy atom. The SMILES string of the molecule is CC[C@@H](NC(=O)c1ccc(NC(=O)C2CC2)s1)c1ccc(C)cc1. The summed E-state index contributed by atoms with van der Waals surface area (Å²) in [5, 5.41) is 6.70. The predicted octanol–water partition coefficient (Wildman–Crippen LogP) is 4.29. The maximum Gasteiger partial charge on any atom is 0.261 e. The van der Waals surface area contributed by atoms with Crippen LogP contribution in [0.15, 0.2) is 36.4 Å². The third kappa shape index (κ3) is 4.03. The Balaban J connectivity index is 1.63. The zero-order valence-corrected chi connectivity index (χ0v) is 14.8. The van der Waals surface area contributed by atoms with Gasteiger partial charge in [0.25, 0.3) is 5.91 Å². The van der Waals surface area contributed by atoms with Crippen LogP contribution in [0, 0.1) is 12.8 Å². The van der Waals surface area contributed by atoms with Crippen molar-refractivity contribution >= 4 is 28.2 Å². The van der Waals surface area contributed by atoms with Crippen LogP contribution in [0.2, 0.25) is 0 Å². The first-order valence-corrected chi connectivity index (χ1v) is 9.16. The molecule has 0 saturated heterocycles. The van der Waals surface area contributed by atoms with E-state index < -0.39 is 0 Å². The van der Waals surface area contributed by atoms with Gasteiger partial charge in [-0.05, 0) is 43.9 Å². The molecule has 0 aliphatic heterocycles. The van der Waals surface area contributed by atoms with Gasteiger partial charge in [0.15, 0.2) is 0 Å². The van der Waals surface area contributed by atoms with Crippen molar-refractivity contribution in [2.45, 2.75) is 39.2 Å². The molecule has 1 saturated carbocycles. The van der Waals surface area contributed by atoms with Crippen molar-refractivity contribution in [3.63, 3.8) is 0 Å². The first-order valence-electron chi connectivity index (χ1n) is 8.35. The van der Waals surface area contributed by atoms with Crippen molar-refractivity contribution in [3.05, 3.63) is 52.4 Å². The molecule has 3 rings (SSSR count). The molecule has 0 bridgehead atoms. The monoisotopic (exact) mass is 342 g/mol. The van der Waals surface area contributed by atoms with E-state index >= 15 is 0 Å². The lowest BCUT2D eigenvalue weighted by Crippen LogP contribution is -2.27. The summed E-state index contributed by atoms with van der Waals surface area (Å²) in [7, 11) is 0. The highest BCUT2D eigenvalue weighted by Gasteiger charge is 2.30. The van der Waals surface area contributed by atoms with Crippen LogP contribution in [-0.4, -0.2) is 11.8 Å². The molecule has 24 heavy (non-hydrogen) atoms. The molecule has 4 nitrogen and oxygen atoms in total. The highest BCUT2D eigenvalue weighted by Crippen LogP contribution is 2.31. The molecule has 5 heteroatoms. The Bertz CT molecular complexity index is 732. The van der Waals surface area contributed by atoms with E-state index in [0.717, 1.165) is 29.8 Å². The lowest BCUT2D eigenvalue weighted by molar-refractivity contribution is -0.117. The number of anilines is 1. The number of aryl methyl sites for hydroxylation is 1. The zero-order valence-electron chi connectivity index (χ0n) is 14.0. The second-order valence-electron chi connectivity index (χ2n) is 6.27. The standard InChI is InChI=1S/C19H22N2O2S/c1-3-15(13-6-4-12(2)5-7-13)20-19(23)16-10-11-17(24-16)21-18(22)14-8-9-14/h4-7,10-11,14-15H,3,8-9H2,1-2H3,(H,20,23)(H,21,22)/t15-/m1/s1. The van der Waals surface area contributed by atoms with E-state index in [4.69, 9.17) is 0 Å². The molecule has 2 N–H and O–H groups in total. The average molecular weight is 342 g/mol. The molecule has 1 aliphatic rings. The molecule has 0 radical (unpaired) electrons. The van der Waals surface area contributed by atoms with Gasteiger partial charge in [0.2, 0.25) is 5.91 Å². The maximum atomic E-state index is 12.5. The predicted molar refractivity (Wildman–Crippen MR) is 97.3 cm³/mol. The number of hydrogen-bond donors (Lipinski definition) is 2. The van der Waals surface area contributed by atoms with Gasteiger partial charge in [0.1, 0.15) is 0 Å². The molecule has 126 valence electrons. The second kappa shape index (κ2) is 7.18. The van der Waals surface area contributed by atoms with Gasteiger partial charge in [-0.1, -0.05) is 36.8 Å². The Morgan fingerprint density at radius 1 is 1.17 bits per heavy atom. The first kappa shape index (κ1) is 16.7. The lowest BCUT2D eigenvalue weighted by Gasteiger charge is -2.17. The number of hydrogen-bond acceptors (Lipinski definition) is 3. The van der Waals surface area contributed by atoms with Crippen molar-refractivity contribution in [1.82, 2.24) is 5.32 Å². The molecule has 1 fully saturated rings. The molecule has 0 unspecified atom stereocenters. The van der Waals surface area contributed by atoms with Crippen molar-refractivity contribution in [1.29, 1.82) is 0 Å². The van der Waals surface area contributed by atoms with Gasteiger partial charge >= 0.3 is 0 Å². The topological polar surface area (TPSA) is 58.2 Å². The van der Waals surface area contributed by atoms with Gasteiger partial charge in [0, 0.05) is 5.92 Å². The molecule has 0 spiro atoms. The summed E-state index contributed by atoms with van der Waals surface area (Å²) in [4.78, 5) is 24.9. The molecule has 1 heterocycles. The van der Waals surface area contributed by atoms with E-state index in [2.05, 4.69) is 41.8 Å². The Labute approximate surface area is 146 Å². The molecular formula is C19H22N2O2S. The number of nitrogens with one attached hydrogen (secondary N) is 2. The number of benzene rings is 1. The van der Waals surface area contributed by atoms with E-state index in [0.29, 0.717) is 4.88 Å². The molecular weight excluding hydrogens is 320 g/mol. The molecule has 1 aromatic carbocycles. The van der Waals surface area contributed by atoms with E-state index in [1.807, 2.05) is 6.92 Å². The number of rotatable bonds is 6.